The first-order valence-corrected chi connectivity index (χ1v) is 3.87. The van der Waals surface area contributed by atoms with Gasteiger partial charge in [-0.25, -0.2) is 4.39 Å². The second-order valence-corrected chi connectivity index (χ2v) is 2.87. The molecule has 0 aliphatic carbocycles. The number of aryl methyl sites for hydroxylation is 2. The third-order valence-corrected chi connectivity index (χ3v) is 2.06. The van der Waals surface area contributed by atoms with Crippen LogP contribution in [0.4, 0.5) is 4.39 Å². The molecular weight excluding hydrogens is 145 g/mol. The van der Waals surface area contributed by atoms with Crippen molar-refractivity contribution in [2.75, 3.05) is 0 Å². The highest BCUT2D eigenvalue weighted by atomic mass is 19.1. The monoisotopic (exact) mass is 155 g/mol. The lowest BCUT2D eigenvalue weighted by molar-refractivity contribution is 0.295. The largest absolute Gasteiger partial charge is 0.317 e. The van der Waals surface area contributed by atoms with E-state index in [0.29, 0.717) is 12.8 Å². The van der Waals surface area contributed by atoms with Gasteiger partial charge in [0.2, 0.25) is 0 Å². The fourth-order valence-corrected chi connectivity index (χ4v) is 1.37. The lowest BCUT2D eigenvalue weighted by Gasteiger charge is -2.00. The van der Waals surface area contributed by atoms with Gasteiger partial charge in [-0.3, -0.25) is 0 Å². The van der Waals surface area contributed by atoms with E-state index in [2.05, 4.69) is 10.2 Å². The molecule has 3 nitrogen and oxygen atoms in total. The predicted octanol–water partition coefficient (Wildman–Crippen LogP) is 0.953. The molecular formula is C7H10FN3. The highest BCUT2D eigenvalue weighted by Crippen LogP contribution is 2.14. The number of rotatable bonds is 0. The van der Waals surface area contributed by atoms with Gasteiger partial charge in [-0.2, -0.15) is 0 Å². The zero-order chi connectivity index (χ0) is 7.68. The molecule has 0 saturated carbocycles. The van der Waals surface area contributed by atoms with Crippen LogP contribution in [0.1, 0.15) is 18.7 Å². The number of aromatic nitrogens is 3. The highest BCUT2D eigenvalue weighted by molar-refractivity contribution is 4.89. The van der Waals surface area contributed by atoms with Crippen molar-refractivity contribution in [3.05, 3.63) is 12.2 Å². The smallest absolute Gasteiger partial charge is 0.132 e. The van der Waals surface area contributed by atoms with E-state index in [-0.39, 0.29) is 0 Å². The number of alkyl halides is 1. The van der Waals surface area contributed by atoms with Crippen LogP contribution >= 0.6 is 0 Å². The van der Waals surface area contributed by atoms with Gasteiger partial charge in [0.05, 0.1) is 0 Å². The van der Waals surface area contributed by atoms with Gasteiger partial charge in [0.15, 0.2) is 0 Å². The maximum Gasteiger partial charge on any atom is 0.132 e. The normalized spacial score (nSPS) is 24.3. The molecule has 0 N–H and O–H groups in total. The molecule has 11 heavy (non-hydrogen) atoms. The summed E-state index contributed by atoms with van der Waals surface area (Å²) in [7, 11) is 0. The minimum absolute atomic E-state index is 0.596. The average Bonchev–Trinajstić information content (AvgIpc) is 2.38. The van der Waals surface area contributed by atoms with Crippen LogP contribution in [-0.4, -0.2) is 20.9 Å². The van der Waals surface area contributed by atoms with E-state index >= 15 is 0 Å². The van der Waals surface area contributed by atoms with E-state index in [1.165, 1.54) is 0 Å². The van der Waals surface area contributed by atoms with Gasteiger partial charge in [0, 0.05) is 13.0 Å². The summed E-state index contributed by atoms with van der Waals surface area (Å²) in [5.74, 6) is 0.921. The summed E-state index contributed by atoms with van der Waals surface area (Å²) in [5.41, 5.74) is 0. The summed E-state index contributed by atoms with van der Waals surface area (Å²) >= 11 is 0. The van der Waals surface area contributed by atoms with Crippen molar-refractivity contribution in [2.45, 2.75) is 32.0 Å². The van der Waals surface area contributed by atoms with Crippen molar-refractivity contribution >= 4 is 0 Å². The quantitative estimate of drug-likeness (QED) is 0.558. The third-order valence-electron chi connectivity index (χ3n) is 2.06. The lowest BCUT2D eigenvalue weighted by atomic mass is 10.2. The Morgan fingerprint density at radius 1 is 1.55 bits per heavy atom. The molecule has 0 aromatic carbocycles. The van der Waals surface area contributed by atoms with E-state index in [1.807, 2.05) is 4.57 Å². The predicted molar refractivity (Wildman–Crippen MR) is 37.9 cm³/mol. The van der Waals surface area contributed by atoms with Gasteiger partial charge >= 0.3 is 0 Å². The number of hydrogen-bond acceptors (Lipinski definition) is 2. The van der Waals surface area contributed by atoms with Crippen molar-refractivity contribution in [2.24, 2.45) is 0 Å². The van der Waals surface area contributed by atoms with Crippen LogP contribution in [0.3, 0.4) is 0 Å². The molecule has 1 atom stereocenters. The molecule has 1 aliphatic rings. The van der Waals surface area contributed by atoms with Crippen molar-refractivity contribution in [3.63, 3.8) is 0 Å². The fourth-order valence-electron chi connectivity index (χ4n) is 1.37. The summed E-state index contributed by atoms with van der Waals surface area (Å²) in [5, 5.41) is 7.66. The molecule has 2 rings (SSSR count). The van der Waals surface area contributed by atoms with E-state index in [0.717, 1.165) is 18.8 Å². The van der Waals surface area contributed by atoms with E-state index in [4.69, 9.17) is 0 Å². The van der Waals surface area contributed by atoms with Crippen LogP contribution in [0.25, 0.3) is 0 Å². The molecule has 0 fully saturated rings. The number of hydrogen-bond donors (Lipinski definition) is 0. The summed E-state index contributed by atoms with van der Waals surface area (Å²) in [6, 6.07) is 0. The Labute approximate surface area is 64.2 Å². The first-order chi connectivity index (χ1) is 5.36. The van der Waals surface area contributed by atoms with E-state index < -0.39 is 6.17 Å². The zero-order valence-corrected chi connectivity index (χ0v) is 6.20. The molecule has 2 heterocycles. The van der Waals surface area contributed by atoms with Crippen LogP contribution in [0, 0.1) is 0 Å². The topological polar surface area (TPSA) is 30.7 Å². The first kappa shape index (κ1) is 6.76. The Morgan fingerprint density at radius 2 is 2.45 bits per heavy atom. The van der Waals surface area contributed by atoms with E-state index in [1.54, 1.807) is 6.33 Å². The molecule has 0 spiro atoms. The van der Waals surface area contributed by atoms with Gasteiger partial charge in [0.1, 0.15) is 18.3 Å². The standard InChI is InChI=1S/C7H10FN3/c8-6-1-2-7-10-9-5-11(7)4-3-6/h5-6H,1-4H2. The van der Waals surface area contributed by atoms with Crippen LogP contribution in [-0.2, 0) is 13.0 Å². The maximum atomic E-state index is 12.8. The van der Waals surface area contributed by atoms with Crippen LogP contribution in [0.5, 0.6) is 0 Å². The molecule has 60 valence electrons. The molecule has 0 saturated heterocycles. The Balaban J connectivity index is 2.20. The molecule has 0 amide bonds. The summed E-state index contributed by atoms with van der Waals surface area (Å²) in [6.45, 7) is 0.726. The van der Waals surface area contributed by atoms with Crippen LogP contribution < -0.4 is 0 Å². The van der Waals surface area contributed by atoms with Crippen molar-refractivity contribution < 1.29 is 4.39 Å². The Hall–Kier alpha value is -0.930. The van der Waals surface area contributed by atoms with E-state index in [9.17, 15) is 4.39 Å². The summed E-state index contributed by atoms with van der Waals surface area (Å²) < 4.78 is 14.8. The van der Waals surface area contributed by atoms with Gasteiger partial charge in [-0.05, 0) is 12.8 Å². The maximum absolute atomic E-state index is 12.8. The van der Waals surface area contributed by atoms with Crippen LogP contribution in [0.2, 0.25) is 0 Å². The highest BCUT2D eigenvalue weighted by Gasteiger charge is 2.15. The van der Waals surface area contributed by atoms with Gasteiger partial charge in [0.25, 0.3) is 0 Å². The van der Waals surface area contributed by atoms with Crippen molar-refractivity contribution in [1.29, 1.82) is 0 Å². The summed E-state index contributed by atoms with van der Waals surface area (Å²) in [4.78, 5) is 0. The van der Waals surface area contributed by atoms with Gasteiger partial charge in [-0.15, -0.1) is 10.2 Å². The Morgan fingerprint density at radius 3 is 3.36 bits per heavy atom. The summed E-state index contributed by atoms with van der Waals surface area (Å²) in [6.07, 6.45) is 2.94. The van der Waals surface area contributed by atoms with Gasteiger partial charge < -0.3 is 4.57 Å². The lowest BCUT2D eigenvalue weighted by Crippen LogP contribution is -2.01. The molecule has 1 aromatic rings. The molecule has 1 unspecified atom stereocenters. The zero-order valence-electron chi connectivity index (χ0n) is 6.20. The Bertz CT molecular complexity index is 223. The van der Waals surface area contributed by atoms with Crippen LogP contribution in [0.15, 0.2) is 6.33 Å². The third kappa shape index (κ3) is 1.25. The minimum atomic E-state index is -0.656. The number of fused-ring (bicyclic) bond motifs is 1. The molecule has 1 aromatic heterocycles. The van der Waals surface area contributed by atoms with Crippen molar-refractivity contribution in [3.8, 4) is 0 Å². The SMILES string of the molecule is FC1CCc2nncn2CC1. The molecule has 0 radical (unpaired) electrons. The number of halogens is 1. The second kappa shape index (κ2) is 2.60. The van der Waals surface area contributed by atoms with Gasteiger partial charge in [-0.1, -0.05) is 0 Å². The average molecular weight is 155 g/mol. The fraction of sp³-hybridized carbons (Fsp3) is 0.714. The molecule has 0 bridgehead atoms. The Kier molecular flexibility index (Phi) is 1.60. The number of nitrogens with zero attached hydrogens (tertiary/aromatic N) is 3. The molecule has 1 aliphatic heterocycles. The second-order valence-electron chi connectivity index (χ2n) is 2.87. The minimum Gasteiger partial charge on any atom is -0.317 e. The van der Waals surface area contributed by atoms with Crippen molar-refractivity contribution in [1.82, 2.24) is 14.8 Å². The molecule has 4 heteroatoms. The first-order valence-electron chi connectivity index (χ1n) is 3.87.